The lowest BCUT2D eigenvalue weighted by Gasteiger charge is -2.17. The highest BCUT2D eigenvalue weighted by molar-refractivity contribution is 8.13. The topological polar surface area (TPSA) is 87.2 Å². The van der Waals surface area contributed by atoms with Gasteiger partial charge in [-0.3, -0.25) is 19.9 Å². The number of carbonyl (C=O) groups excluding carboxylic acids is 2. The van der Waals surface area contributed by atoms with Gasteiger partial charge in [-0.15, -0.1) is 0 Å². The van der Waals surface area contributed by atoms with Crippen molar-refractivity contribution in [3.8, 4) is 0 Å². The van der Waals surface area contributed by atoms with E-state index in [-0.39, 0.29) is 23.0 Å². The number of nitrogens with zero attached hydrogens (tertiary/aromatic N) is 1. The number of fused-ring (bicyclic) bond motifs is 1. The number of nitrogens with one attached hydrogen (secondary N) is 1. The van der Waals surface area contributed by atoms with E-state index in [1.54, 1.807) is 0 Å². The smallest absolute Gasteiger partial charge is 0.299 e. The van der Waals surface area contributed by atoms with Crippen molar-refractivity contribution >= 4 is 34.3 Å². The third kappa shape index (κ3) is 3.03. The van der Waals surface area contributed by atoms with Crippen LogP contribution in [0, 0.1) is 11.2 Å². The van der Waals surface area contributed by atoms with Crippen LogP contribution >= 0.6 is 11.8 Å². The molecular weight excluding hydrogens is 329 g/mol. The predicted octanol–water partition coefficient (Wildman–Crippen LogP) is 2.68. The van der Waals surface area contributed by atoms with Crippen LogP contribution in [0.25, 0.3) is 0 Å². The molecule has 0 spiro atoms. The Balaban J connectivity index is 1.81. The van der Waals surface area contributed by atoms with E-state index >= 15 is 0 Å². The highest BCUT2D eigenvalue weighted by atomic mass is 32.2. The first-order chi connectivity index (χ1) is 11.5. The van der Waals surface area contributed by atoms with Gasteiger partial charge in [-0.2, -0.15) is 0 Å². The largest absolute Gasteiger partial charge is 0.379 e. The second-order valence-electron chi connectivity index (χ2n) is 5.33. The molecule has 0 atom stereocenters. The Morgan fingerprint density at radius 3 is 2.46 bits per heavy atom. The van der Waals surface area contributed by atoms with Gasteiger partial charge in [0, 0.05) is 5.75 Å². The third-order valence-electron chi connectivity index (χ3n) is 3.70. The quantitative estimate of drug-likeness (QED) is 0.508. The lowest BCUT2D eigenvalue weighted by atomic mass is 10.1. The van der Waals surface area contributed by atoms with Gasteiger partial charge in [0.05, 0.1) is 17.8 Å². The molecule has 1 aliphatic heterocycles. The molecule has 2 aromatic rings. The number of hydrogen-bond donors (Lipinski definition) is 2. The number of halogens is 1. The van der Waals surface area contributed by atoms with Gasteiger partial charge in [0.25, 0.3) is 11.7 Å². The first kappa shape index (κ1) is 16.2. The van der Waals surface area contributed by atoms with Crippen LogP contribution in [0.1, 0.15) is 21.5 Å². The monoisotopic (exact) mass is 343 g/mol. The number of thioether (sulfide) groups is 1. The fourth-order valence-corrected chi connectivity index (χ4v) is 3.06. The lowest BCUT2D eigenvalue weighted by Crippen LogP contribution is -2.29. The average Bonchev–Trinajstić information content (AvgIpc) is 2.80. The maximum Gasteiger partial charge on any atom is 0.299 e. The zero-order valence-corrected chi connectivity index (χ0v) is 13.4. The van der Waals surface area contributed by atoms with Crippen LogP contribution in [0.3, 0.4) is 0 Å². The third-order valence-corrected chi connectivity index (χ3v) is 4.49. The van der Waals surface area contributed by atoms with E-state index in [1.165, 1.54) is 34.9 Å². The number of benzene rings is 2. The SMILES string of the molecule is N=C(N)SCc1ccc(CN2C(=O)C(=O)c3cccc(F)c32)cc1. The van der Waals surface area contributed by atoms with Crippen LogP contribution in [0.15, 0.2) is 42.5 Å². The molecule has 0 saturated heterocycles. The fourth-order valence-electron chi connectivity index (χ4n) is 2.55. The highest BCUT2D eigenvalue weighted by Gasteiger charge is 2.37. The van der Waals surface area contributed by atoms with Crippen molar-refractivity contribution in [2.45, 2.75) is 12.3 Å². The van der Waals surface area contributed by atoms with Gasteiger partial charge in [-0.25, -0.2) is 4.39 Å². The molecule has 5 nitrogen and oxygen atoms in total. The Kier molecular flexibility index (Phi) is 4.35. The Morgan fingerprint density at radius 1 is 1.12 bits per heavy atom. The Labute approximate surface area is 142 Å². The maximum absolute atomic E-state index is 14.0. The van der Waals surface area contributed by atoms with Crippen LogP contribution < -0.4 is 10.6 Å². The molecule has 1 aliphatic rings. The molecule has 1 amide bonds. The first-order valence-electron chi connectivity index (χ1n) is 7.16. The minimum absolute atomic E-state index is 0.0451. The van der Waals surface area contributed by atoms with Gasteiger partial charge in [0.1, 0.15) is 5.82 Å². The molecule has 0 aromatic heterocycles. The highest BCUT2D eigenvalue weighted by Crippen LogP contribution is 2.32. The van der Waals surface area contributed by atoms with E-state index in [9.17, 15) is 14.0 Å². The second-order valence-corrected chi connectivity index (χ2v) is 6.34. The normalized spacial score (nSPS) is 13.3. The molecule has 7 heteroatoms. The number of ketones is 1. The summed E-state index contributed by atoms with van der Waals surface area (Å²) in [6.45, 7) is 0.124. The number of hydrogen-bond acceptors (Lipinski definition) is 4. The first-order valence-corrected chi connectivity index (χ1v) is 8.15. The molecule has 1 heterocycles. The molecule has 0 bridgehead atoms. The van der Waals surface area contributed by atoms with Crippen molar-refractivity contribution < 1.29 is 14.0 Å². The van der Waals surface area contributed by atoms with Crippen molar-refractivity contribution in [1.82, 2.24) is 0 Å². The predicted molar refractivity (Wildman–Crippen MR) is 91.6 cm³/mol. The van der Waals surface area contributed by atoms with E-state index in [1.807, 2.05) is 24.3 Å². The molecule has 0 fully saturated rings. The number of amidine groups is 1. The zero-order chi connectivity index (χ0) is 17.3. The summed E-state index contributed by atoms with van der Waals surface area (Å²) in [6.07, 6.45) is 0. The Morgan fingerprint density at radius 2 is 1.79 bits per heavy atom. The lowest BCUT2D eigenvalue weighted by molar-refractivity contribution is -0.114. The van der Waals surface area contributed by atoms with Gasteiger partial charge in [0.15, 0.2) is 5.17 Å². The van der Waals surface area contributed by atoms with E-state index in [0.29, 0.717) is 5.75 Å². The number of carbonyl (C=O) groups is 2. The van der Waals surface area contributed by atoms with Crippen LogP contribution in [-0.4, -0.2) is 16.9 Å². The summed E-state index contributed by atoms with van der Waals surface area (Å²) in [5.41, 5.74) is 7.21. The van der Waals surface area contributed by atoms with Crippen LogP contribution in [-0.2, 0) is 17.1 Å². The van der Waals surface area contributed by atoms with Gasteiger partial charge < -0.3 is 5.73 Å². The van der Waals surface area contributed by atoms with E-state index in [2.05, 4.69) is 0 Å². The summed E-state index contributed by atoms with van der Waals surface area (Å²) in [5, 5.41) is 7.24. The standard InChI is InChI=1S/C17H14FN3O2S/c18-13-3-1-2-12-14(13)21(16(23)15(12)22)8-10-4-6-11(7-5-10)9-24-17(19)20/h1-7H,8-9H2,(H3,19,20). The van der Waals surface area contributed by atoms with E-state index in [4.69, 9.17) is 11.1 Å². The summed E-state index contributed by atoms with van der Waals surface area (Å²) in [6, 6.07) is 11.5. The average molecular weight is 343 g/mol. The summed E-state index contributed by atoms with van der Waals surface area (Å²) < 4.78 is 14.0. The number of para-hydroxylation sites is 1. The minimum Gasteiger partial charge on any atom is -0.379 e. The van der Waals surface area contributed by atoms with Crippen LogP contribution in [0.5, 0.6) is 0 Å². The number of Topliss-reactive ketones (excluding diaryl/α,β-unsaturated/α-hetero) is 1. The van der Waals surface area contributed by atoms with Crippen LogP contribution in [0.4, 0.5) is 10.1 Å². The molecule has 3 rings (SSSR count). The number of rotatable bonds is 4. The summed E-state index contributed by atoms with van der Waals surface area (Å²) in [7, 11) is 0. The second kappa shape index (κ2) is 6.45. The molecule has 24 heavy (non-hydrogen) atoms. The number of amides is 1. The van der Waals surface area contributed by atoms with Gasteiger partial charge in [-0.1, -0.05) is 42.1 Å². The van der Waals surface area contributed by atoms with E-state index < -0.39 is 17.5 Å². The summed E-state index contributed by atoms with van der Waals surface area (Å²) in [4.78, 5) is 25.3. The number of anilines is 1. The summed E-state index contributed by atoms with van der Waals surface area (Å²) >= 11 is 1.22. The molecule has 122 valence electrons. The van der Waals surface area contributed by atoms with Crippen LogP contribution in [0.2, 0.25) is 0 Å². The van der Waals surface area contributed by atoms with Crippen molar-refractivity contribution in [2.24, 2.45) is 5.73 Å². The zero-order valence-electron chi connectivity index (χ0n) is 12.6. The maximum atomic E-state index is 14.0. The van der Waals surface area contributed by atoms with Gasteiger partial charge in [-0.05, 0) is 23.3 Å². The molecule has 0 aliphatic carbocycles. The molecule has 3 N–H and O–H groups in total. The van der Waals surface area contributed by atoms with Crippen molar-refractivity contribution in [1.29, 1.82) is 5.41 Å². The van der Waals surface area contributed by atoms with Gasteiger partial charge >= 0.3 is 0 Å². The van der Waals surface area contributed by atoms with Crippen molar-refractivity contribution in [3.05, 3.63) is 65.0 Å². The van der Waals surface area contributed by atoms with Gasteiger partial charge in [0.2, 0.25) is 0 Å². The van der Waals surface area contributed by atoms with Crippen molar-refractivity contribution in [2.75, 3.05) is 4.90 Å². The fraction of sp³-hybridized carbons (Fsp3) is 0.118. The Bertz CT molecular complexity index is 836. The van der Waals surface area contributed by atoms with E-state index in [0.717, 1.165) is 11.1 Å². The minimum atomic E-state index is -0.716. The molecule has 0 unspecified atom stereocenters. The van der Waals surface area contributed by atoms with Crippen molar-refractivity contribution in [3.63, 3.8) is 0 Å². The molecular formula is C17H14FN3O2S. The number of nitrogens with two attached hydrogens (primary N) is 1. The Hall–Kier alpha value is -2.67. The molecule has 0 saturated carbocycles. The molecule has 2 aromatic carbocycles. The molecule has 0 radical (unpaired) electrons. The summed E-state index contributed by atoms with van der Waals surface area (Å²) in [5.74, 6) is -1.40.